The second kappa shape index (κ2) is 4.42. The summed E-state index contributed by atoms with van der Waals surface area (Å²) < 4.78 is 0. The number of rotatable bonds is 1. The molecule has 4 nitrogen and oxygen atoms in total. The molecule has 0 bridgehead atoms. The van der Waals surface area contributed by atoms with Gasteiger partial charge in [-0.05, 0) is 25.1 Å². The van der Waals surface area contributed by atoms with Gasteiger partial charge in [-0.3, -0.25) is 4.79 Å². The molecule has 1 aliphatic rings. The Kier molecular flexibility index (Phi) is 2.76. The van der Waals surface area contributed by atoms with Crippen LogP contribution in [0.2, 0.25) is 0 Å². The van der Waals surface area contributed by atoms with Crippen LogP contribution in [0.3, 0.4) is 0 Å². The van der Waals surface area contributed by atoms with Gasteiger partial charge in [-0.1, -0.05) is 6.07 Å². The van der Waals surface area contributed by atoms with Crippen molar-refractivity contribution in [3.8, 4) is 11.3 Å². The molecule has 5 heteroatoms. The van der Waals surface area contributed by atoms with Crippen LogP contribution in [-0.4, -0.2) is 21.6 Å². The number of anilines is 1. The van der Waals surface area contributed by atoms with Gasteiger partial charge in [0.2, 0.25) is 5.91 Å². The van der Waals surface area contributed by atoms with E-state index in [2.05, 4.69) is 15.3 Å². The molecular formula is C13H11N3OS. The molecule has 1 aliphatic heterocycles. The van der Waals surface area contributed by atoms with E-state index in [4.69, 9.17) is 0 Å². The smallest absolute Gasteiger partial charge is 0.234 e. The molecule has 1 amide bonds. The SMILES string of the molecule is Cc1nccc(-c2ccc3c(c2)NC(=O)CS3)n1. The highest BCUT2D eigenvalue weighted by Gasteiger charge is 2.15. The Hall–Kier alpha value is -1.88. The Morgan fingerprint density at radius 2 is 2.22 bits per heavy atom. The highest BCUT2D eigenvalue weighted by molar-refractivity contribution is 8.00. The molecule has 0 spiro atoms. The highest BCUT2D eigenvalue weighted by Crippen LogP contribution is 2.34. The third kappa shape index (κ3) is 2.09. The van der Waals surface area contributed by atoms with Gasteiger partial charge in [-0.25, -0.2) is 9.97 Å². The van der Waals surface area contributed by atoms with E-state index in [9.17, 15) is 4.79 Å². The van der Waals surface area contributed by atoms with Gasteiger partial charge in [0.15, 0.2) is 0 Å². The number of aryl methyl sites for hydroxylation is 1. The average molecular weight is 257 g/mol. The number of amides is 1. The van der Waals surface area contributed by atoms with E-state index in [1.54, 1.807) is 18.0 Å². The van der Waals surface area contributed by atoms with Crippen LogP contribution >= 0.6 is 11.8 Å². The zero-order valence-electron chi connectivity index (χ0n) is 9.80. The van der Waals surface area contributed by atoms with Crippen molar-refractivity contribution >= 4 is 23.4 Å². The Morgan fingerprint density at radius 1 is 1.33 bits per heavy atom. The minimum atomic E-state index is 0.0449. The first-order valence-corrected chi connectivity index (χ1v) is 6.58. The van der Waals surface area contributed by atoms with Crippen molar-refractivity contribution in [1.29, 1.82) is 0 Å². The van der Waals surface area contributed by atoms with Gasteiger partial charge in [0, 0.05) is 16.7 Å². The molecular weight excluding hydrogens is 246 g/mol. The summed E-state index contributed by atoms with van der Waals surface area (Å²) in [4.78, 5) is 20.9. The zero-order valence-corrected chi connectivity index (χ0v) is 10.6. The number of benzene rings is 1. The average Bonchev–Trinajstić information content (AvgIpc) is 2.38. The minimum Gasteiger partial charge on any atom is -0.324 e. The maximum Gasteiger partial charge on any atom is 0.234 e. The third-order valence-corrected chi connectivity index (χ3v) is 3.76. The summed E-state index contributed by atoms with van der Waals surface area (Å²) in [6, 6.07) is 7.87. The van der Waals surface area contributed by atoms with E-state index in [-0.39, 0.29) is 5.91 Å². The lowest BCUT2D eigenvalue weighted by Gasteiger charge is -2.16. The predicted molar refractivity (Wildman–Crippen MR) is 71.6 cm³/mol. The van der Waals surface area contributed by atoms with E-state index < -0.39 is 0 Å². The molecule has 1 N–H and O–H groups in total. The summed E-state index contributed by atoms with van der Waals surface area (Å²) in [6.45, 7) is 1.86. The summed E-state index contributed by atoms with van der Waals surface area (Å²) >= 11 is 1.56. The Labute approximate surface area is 109 Å². The third-order valence-electron chi connectivity index (χ3n) is 2.68. The molecule has 0 atom stereocenters. The maximum atomic E-state index is 11.4. The molecule has 0 radical (unpaired) electrons. The van der Waals surface area contributed by atoms with E-state index in [0.29, 0.717) is 5.75 Å². The summed E-state index contributed by atoms with van der Waals surface area (Å²) in [5.74, 6) is 1.27. The van der Waals surface area contributed by atoms with Gasteiger partial charge in [0.25, 0.3) is 0 Å². The van der Waals surface area contributed by atoms with E-state index >= 15 is 0 Å². The first kappa shape index (κ1) is 11.2. The largest absolute Gasteiger partial charge is 0.324 e. The summed E-state index contributed by atoms with van der Waals surface area (Å²) in [7, 11) is 0. The molecule has 0 saturated carbocycles. The number of hydrogen-bond acceptors (Lipinski definition) is 4. The van der Waals surface area contributed by atoms with Crippen LogP contribution in [0.1, 0.15) is 5.82 Å². The normalized spacial score (nSPS) is 13.9. The topological polar surface area (TPSA) is 54.9 Å². The van der Waals surface area contributed by atoms with Crippen molar-refractivity contribution in [1.82, 2.24) is 9.97 Å². The van der Waals surface area contributed by atoms with E-state index in [0.717, 1.165) is 27.7 Å². The van der Waals surface area contributed by atoms with E-state index in [1.807, 2.05) is 31.2 Å². The fourth-order valence-electron chi connectivity index (χ4n) is 1.86. The molecule has 3 rings (SSSR count). The van der Waals surface area contributed by atoms with Crippen LogP contribution in [0, 0.1) is 6.92 Å². The fourth-order valence-corrected chi connectivity index (χ4v) is 2.65. The molecule has 0 aliphatic carbocycles. The lowest BCUT2D eigenvalue weighted by Crippen LogP contribution is -2.18. The van der Waals surface area contributed by atoms with Crippen LogP contribution in [0.4, 0.5) is 5.69 Å². The zero-order chi connectivity index (χ0) is 12.5. The first-order valence-electron chi connectivity index (χ1n) is 5.59. The van der Waals surface area contributed by atoms with Gasteiger partial charge in [0.05, 0.1) is 17.1 Å². The summed E-state index contributed by atoms with van der Waals surface area (Å²) in [5.41, 5.74) is 2.72. The minimum absolute atomic E-state index is 0.0449. The number of fused-ring (bicyclic) bond motifs is 1. The van der Waals surface area contributed by atoms with Crippen molar-refractivity contribution in [2.75, 3.05) is 11.1 Å². The van der Waals surface area contributed by atoms with Crippen molar-refractivity contribution in [2.24, 2.45) is 0 Å². The Morgan fingerprint density at radius 3 is 3.06 bits per heavy atom. The second-order valence-electron chi connectivity index (χ2n) is 4.04. The molecule has 18 heavy (non-hydrogen) atoms. The molecule has 0 saturated heterocycles. The molecule has 2 aromatic rings. The summed E-state index contributed by atoms with van der Waals surface area (Å²) in [5, 5.41) is 2.88. The quantitative estimate of drug-likeness (QED) is 0.852. The fraction of sp³-hybridized carbons (Fsp3) is 0.154. The number of thioether (sulfide) groups is 1. The van der Waals surface area contributed by atoms with Crippen LogP contribution in [0.5, 0.6) is 0 Å². The van der Waals surface area contributed by atoms with E-state index in [1.165, 1.54) is 0 Å². The Bertz CT molecular complexity index is 627. The van der Waals surface area contributed by atoms with Gasteiger partial charge in [0.1, 0.15) is 5.82 Å². The van der Waals surface area contributed by atoms with Gasteiger partial charge in [-0.2, -0.15) is 0 Å². The van der Waals surface area contributed by atoms with Gasteiger partial charge < -0.3 is 5.32 Å². The predicted octanol–water partition coefficient (Wildman–Crippen LogP) is 2.50. The van der Waals surface area contributed by atoms with Crippen LogP contribution in [0.25, 0.3) is 11.3 Å². The molecule has 1 aromatic heterocycles. The van der Waals surface area contributed by atoms with Gasteiger partial charge >= 0.3 is 0 Å². The van der Waals surface area contributed by atoms with Crippen molar-refractivity contribution in [3.05, 3.63) is 36.3 Å². The number of nitrogens with zero attached hydrogens (tertiary/aromatic N) is 2. The van der Waals surface area contributed by atoms with Crippen molar-refractivity contribution < 1.29 is 4.79 Å². The molecule has 90 valence electrons. The number of carbonyl (C=O) groups is 1. The molecule has 2 heterocycles. The monoisotopic (exact) mass is 257 g/mol. The molecule has 0 unspecified atom stereocenters. The van der Waals surface area contributed by atoms with Gasteiger partial charge in [-0.15, -0.1) is 11.8 Å². The second-order valence-corrected chi connectivity index (χ2v) is 5.05. The van der Waals surface area contributed by atoms with Crippen molar-refractivity contribution in [3.63, 3.8) is 0 Å². The number of hydrogen-bond donors (Lipinski definition) is 1. The lowest BCUT2D eigenvalue weighted by molar-refractivity contribution is -0.113. The van der Waals surface area contributed by atoms with Crippen LogP contribution in [0.15, 0.2) is 35.4 Å². The first-order chi connectivity index (χ1) is 8.72. The lowest BCUT2D eigenvalue weighted by atomic mass is 10.1. The number of aromatic nitrogens is 2. The van der Waals surface area contributed by atoms with Crippen LogP contribution in [-0.2, 0) is 4.79 Å². The number of carbonyl (C=O) groups excluding carboxylic acids is 1. The summed E-state index contributed by atoms with van der Waals surface area (Å²) in [6.07, 6.45) is 1.74. The highest BCUT2D eigenvalue weighted by atomic mass is 32.2. The molecule has 0 fully saturated rings. The Balaban J connectivity index is 2.04. The number of nitrogens with one attached hydrogen (secondary N) is 1. The van der Waals surface area contributed by atoms with Crippen molar-refractivity contribution in [2.45, 2.75) is 11.8 Å². The molecule has 1 aromatic carbocycles. The maximum absolute atomic E-state index is 11.4. The standard InChI is InChI=1S/C13H11N3OS/c1-8-14-5-4-10(15-8)9-2-3-12-11(6-9)16-13(17)7-18-12/h2-6H,7H2,1H3,(H,16,17). The van der Waals surface area contributed by atoms with Crippen LogP contribution < -0.4 is 5.32 Å².